The number of carbonyl (C=O) groups excluding carboxylic acids is 1. The normalized spacial score (nSPS) is 21.1. The largest absolute Gasteiger partial charge is 0.345 e. The fourth-order valence-corrected chi connectivity index (χ4v) is 5.50. The minimum absolute atomic E-state index is 0.0310. The molecule has 6 heteroatoms. The van der Waals surface area contributed by atoms with Crippen molar-refractivity contribution in [3.8, 4) is 10.4 Å². The fourth-order valence-electron chi connectivity index (χ4n) is 4.36. The summed E-state index contributed by atoms with van der Waals surface area (Å²) in [6.07, 6.45) is 1.34. The highest BCUT2D eigenvalue weighted by molar-refractivity contribution is 7.15. The molecule has 1 aromatic heterocycles. The molecule has 0 spiro atoms. The van der Waals surface area contributed by atoms with Crippen LogP contribution in [0.1, 0.15) is 55.2 Å². The zero-order chi connectivity index (χ0) is 24.0. The maximum Gasteiger partial charge on any atom is 0.239 e. The van der Waals surface area contributed by atoms with Crippen LogP contribution in [0.25, 0.3) is 10.4 Å². The summed E-state index contributed by atoms with van der Waals surface area (Å²) in [4.78, 5) is 16.9. The number of likely N-dealkylation sites (N-methyl/N-ethyl adjacent to an activating group) is 1. The molecule has 3 aromatic rings. The Hall–Kier alpha value is -3.25. The Kier molecular flexibility index (Phi) is 5.74. The molecule has 0 aliphatic carbocycles. The lowest BCUT2D eigenvalue weighted by Crippen LogP contribution is -2.62. The smallest absolute Gasteiger partial charge is 0.239 e. The van der Waals surface area contributed by atoms with Crippen molar-refractivity contribution in [2.75, 3.05) is 7.05 Å². The first-order valence-corrected chi connectivity index (χ1v) is 11.8. The summed E-state index contributed by atoms with van der Waals surface area (Å²) >= 11 is 1.62. The molecule has 0 radical (unpaired) electrons. The van der Waals surface area contributed by atoms with Gasteiger partial charge in [0.05, 0.1) is 11.5 Å². The maximum absolute atomic E-state index is 13.5. The number of nitrogens with zero attached hydrogens (tertiary/aromatic N) is 1. The van der Waals surface area contributed by atoms with Crippen LogP contribution < -0.4 is 5.32 Å². The SMILES string of the molecule is CN1C(=N)N[C@](C)(c2ccc(-c3cccc(C=N)c3)s2)[C@@H](c2ccc(C(C)(C)C)cc2)C1=O. The van der Waals surface area contributed by atoms with E-state index >= 15 is 0 Å². The third-order valence-corrected chi connectivity index (χ3v) is 7.81. The van der Waals surface area contributed by atoms with E-state index in [-0.39, 0.29) is 17.3 Å². The number of hydrogen-bond donors (Lipinski definition) is 3. The van der Waals surface area contributed by atoms with E-state index < -0.39 is 11.5 Å². The molecule has 0 bridgehead atoms. The number of rotatable bonds is 4. The molecule has 1 amide bonds. The highest BCUT2D eigenvalue weighted by Crippen LogP contribution is 2.45. The van der Waals surface area contributed by atoms with E-state index in [9.17, 15) is 4.79 Å². The highest BCUT2D eigenvalue weighted by atomic mass is 32.1. The van der Waals surface area contributed by atoms with E-state index in [2.05, 4.69) is 44.3 Å². The molecule has 0 unspecified atom stereocenters. The van der Waals surface area contributed by atoms with Gasteiger partial charge in [-0.25, -0.2) is 0 Å². The Morgan fingerprint density at radius 1 is 1.09 bits per heavy atom. The first-order valence-electron chi connectivity index (χ1n) is 11.0. The lowest BCUT2D eigenvalue weighted by molar-refractivity contribution is -0.131. The van der Waals surface area contributed by atoms with Crippen molar-refractivity contribution in [2.45, 2.75) is 44.6 Å². The van der Waals surface area contributed by atoms with E-state index in [1.165, 1.54) is 16.7 Å². The van der Waals surface area contributed by atoms with Crippen LogP contribution in [0.3, 0.4) is 0 Å². The lowest BCUT2D eigenvalue weighted by Gasteiger charge is -2.45. The Balaban J connectivity index is 1.78. The molecule has 5 nitrogen and oxygen atoms in total. The highest BCUT2D eigenvalue weighted by Gasteiger charge is 2.49. The Morgan fingerprint density at radius 3 is 2.42 bits per heavy atom. The Bertz CT molecular complexity index is 1220. The van der Waals surface area contributed by atoms with Crippen molar-refractivity contribution in [3.05, 3.63) is 82.2 Å². The van der Waals surface area contributed by atoms with E-state index in [1.807, 2.05) is 49.4 Å². The van der Waals surface area contributed by atoms with E-state index in [0.29, 0.717) is 0 Å². The van der Waals surface area contributed by atoms with Gasteiger partial charge in [-0.15, -0.1) is 11.3 Å². The van der Waals surface area contributed by atoms with Crippen LogP contribution in [0.2, 0.25) is 0 Å². The van der Waals surface area contributed by atoms with Crippen molar-refractivity contribution in [1.82, 2.24) is 10.2 Å². The standard InChI is InChI=1S/C27H30N4OS/c1-26(2,3)20-11-9-18(10-12-20)23-24(32)31(5)25(29)30-27(23,4)22-14-13-21(33-22)19-8-6-7-17(15-19)16-28/h6-16,23,28H,1-5H3,(H2,29,30)/t23-,27+/m0/s1. The van der Waals surface area contributed by atoms with Crippen molar-refractivity contribution in [3.63, 3.8) is 0 Å². The number of thiophene rings is 1. The van der Waals surface area contributed by atoms with Crippen LogP contribution in [-0.4, -0.2) is 30.0 Å². The molecule has 0 saturated carbocycles. The predicted molar refractivity (Wildman–Crippen MR) is 137 cm³/mol. The lowest BCUT2D eigenvalue weighted by atomic mass is 9.76. The summed E-state index contributed by atoms with van der Waals surface area (Å²) < 4.78 is 0. The molecule has 3 N–H and O–H groups in total. The second kappa shape index (κ2) is 8.27. The number of guanidine groups is 1. The van der Waals surface area contributed by atoms with Crippen LogP contribution in [0.15, 0.2) is 60.7 Å². The minimum atomic E-state index is -0.758. The first-order chi connectivity index (χ1) is 15.5. The van der Waals surface area contributed by atoms with Gasteiger partial charge in [0.1, 0.15) is 0 Å². The molecule has 170 valence electrons. The number of nitrogens with one attached hydrogen (secondary N) is 3. The molecule has 33 heavy (non-hydrogen) atoms. The number of carbonyl (C=O) groups is 1. The summed E-state index contributed by atoms with van der Waals surface area (Å²) in [5, 5.41) is 19.3. The molecule has 2 atom stereocenters. The van der Waals surface area contributed by atoms with Crippen molar-refractivity contribution >= 4 is 29.4 Å². The molecule has 1 aliphatic heterocycles. The average molecular weight is 459 g/mol. The van der Waals surface area contributed by atoms with Gasteiger partial charge < -0.3 is 10.7 Å². The zero-order valence-electron chi connectivity index (χ0n) is 19.7. The molecule has 1 aliphatic rings. The van der Waals surface area contributed by atoms with Gasteiger partial charge in [0.15, 0.2) is 5.96 Å². The van der Waals surface area contributed by atoms with Gasteiger partial charge in [0, 0.05) is 23.0 Å². The molecule has 2 aromatic carbocycles. The Morgan fingerprint density at radius 2 is 1.79 bits per heavy atom. The van der Waals surface area contributed by atoms with Gasteiger partial charge in [0.2, 0.25) is 5.91 Å². The molecule has 2 heterocycles. The predicted octanol–water partition coefficient (Wildman–Crippen LogP) is 5.71. The van der Waals surface area contributed by atoms with E-state index in [1.54, 1.807) is 18.4 Å². The Labute approximate surface area is 199 Å². The maximum atomic E-state index is 13.5. The molecular formula is C27H30N4OS. The molecule has 1 saturated heterocycles. The molecular weight excluding hydrogens is 428 g/mol. The minimum Gasteiger partial charge on any atom is -0.345 e. The summed E-state index contributed by atoms with van der Waals surface area (Å²) in [6.45, 7) is 8.54. The number of hydrogen-bond acceptors (Lipinski definition) is 4. The van der Waals surface area contributed by atoms with Crippen molar-refractivity contribution < 1.29 is 4.79 Å². The fraction of sp³-hybridized carbons (Fsp3) is 0.296. The van der Waals surface area contributed by atoms with E-state index in [4.69, 9.17) is 10.8 Å². The van der Waals surface area contributed by atoms with Crippen molar-refractivity contribution in [2.24, 2.45) is 0 Å². The van der Waals surface area contributed by atoms with Crippen LogP contribution in [0, 0.1) is 10.8 Å². The topological polar surface area (TPSA) is 80.0 Å². The first kappa shape index (κ1) is 22.9. The van der Waals surface area contributed by atoms with Gasteiger partial charge in [0.25, 0.3) is 0 Å². The van der Waals surface area contributed by atoms with Gasteiger partial charge in [-0.05, 0) is 52.8 Å². The zero-order valence-corrected chi connectivity index (χ0v) is 20.5. The van der Waals surface area contributed by atoms with Gasteiger partial charge in [-0.2, -0.15) is 0 Å². The van der Waals surface area contributed by atoms with Gasteiger partial charge in [-0.1, -0.05) is 63.2 Å². The van der Waals surface area contributed by atoms with Gasteiger partial charge in [-0.3, -0.25) is 15.1 Å². The third-order valence-electron chi connectivity index (χ3n) is 6.43. The van der Waals surface area contributed by atoms with E-state index in [0.717, 1.165) is 26.4 Å². The summed E-state index contributed by atoms with van der Waals surface area (Å²) in [5.74, 6) is -0.457. The number of benzene rings is 2. The van der Waals surface area contributed by atoms with Crippen LogP contribution in [0.4, 0.5) is 0 Å². The van der Waals surface area contributed by atoms with Crippen LogP contribution in [0.5, 0.6) is 0 Å². The van der Waals surface area contributed by atoms with Gasteiger partial charge >= 0.3 is 0 Å². The van der Waals surface area contributed by atoms with Crippen molar-refractivity contribution in [1.29, 1.82) is 10.8 Å². The summed E-state index contributed by atoms with van der Waals surface area (Å²) in [6, 6.07) is 20.3. The number of amides is 1. The quantitative estimate of drug-likeness (QED) is 0.438. The van der Waals surface area contributed by atoms with Crippen LogP contribution in [-0.2, 0) is 15.7 Å². The average Bonchev–Trinajstić information content (AvgIpc) is 3.29. The van der Waals surface area contributed by atoms with Crippen LogP contribution >= 0.6 is 11.3 Å². The molecule has 1 fully saturated rings. The second-order valence-corrected chi connectivity index (χ2v) is 10.9. The molecule has 4 rings (SSSR count). The summed E-state index contributed by atoms with van der Waals surface area (Å²) in [5.41, 5.74) is 3.31. The third kappa shape index (κ3) is 4.11. The summed E-state index contributed by atoms with van der Waals surface area (Å²) in [7, 11) is 1.65. The second-order valence-electron chi connectivity index (χ2n) is 9.81. The monoisotopic (exact) mass is 458 g/mol.